The molecule has 1 saturated heterocycles. The number of carboxylic acids is 1. The van der Waals surface area contributed by atoms with E-state index in [9.17, 15) is 4.79 Å². The van der Waals surface area contributed by atoms with E-state index in [1.165, 1.54) is 0 Å². The molecule has 0 aliphatic carbocycles. The first kappa shape index (κ1) is 12.9. The molecule has 1 aliphatic heterocycles. The highest BCUT2D eigenvalue weighted by Crippen LogP contribution is 2.20. The maximum absolute atomic E-state index is 11.0. The molecule has 1 atom stereocenters. The van der Waals surface area contributed by atoms with E-state index in [1.54, 1.807) is 18.2 Å². The summed E-state index contributed by atoms with van der Waals surface area (Å²) in [7, 11) is 0. The Labute approximate surface area is 107 Å². The van der Waals surface area contributed by atoms with Crippen molar-refractivity contribution in [2.75, 3.05) is 24.6 Å². The van der Waals surface area contributed by atoms with Gasteiger partial charge >= 0.3 is 5.97 Å². The summed E-state index contributed by atoms with van der Waals surface area (Å²) >= 11 is 0. The summed E-state index contributed by atoms with van der Waals surface area (Å²) in [5.41, 5.74) is 1.28. The van der Waals surface area contributed by atoms with Crippen molar-refractivity contribution in [2.45, 2.75) is 25.9 Å². The van der Waals surface area contributed by atoms with Crippen LogP contribution in [0.1, 0.15) is 30.1 Å². The maximum atomic E-state index is 11.0. The molecule has 1 aliphatic rings. The average molecular weight is 249 g/mol. The quantitative estimate of drug-likeness (QED) is 0.870. The molecule has 0 radical (unpaired) electrons. The number of hydrogen-bond acceptors (Lipinski definition) is 3. The lowest BCUT2D eigenvalue weighted by Gasteiger charge is -2.26. The van der Waals surface area contributed by atoms with E-state index in [2.05, 4.69) is 11.8 Å². The number of carbonyl (C=O) groups is 1. The molecule has 1 N–H and O–H groups in total. The predicted octanol–water partition coefficient (Wildman–Crippen LogP) is 2.39. The molecule has 1 fully saturated rings. The zero-order chi connectivity index (χ0) is 13.0. The summed E-state index contributed by atoms with van der Waals surface area (Å²) in [6, 6.07) is 7.08. The molecule has 1 aromatic rings. The lowest BCUT2D eigenvalue weighted by atomic mass is 10.1. The number of benzene rings is 1. The first-order valence-electron chi connectivity index (χ1n) is 6.40. The minimum absolute atomic E-state index is 0.276. The third-order valence-corrected chi connectivity index (χ3v) is 3.29. The Morgan fingerprint density at radius 1 is 1.56 bits per heavy atom. The van der Waals surface area contributed by atoms with Crippen molar-refractivity contribution in [1.82, 2.24) is 0 Å². The SMILES string of the molecule is CCN(CC1CCCO1)c1cccc(C(=O)O)c1. The molecular formula is C14H19NO3. The van der Waals surface area contributed by atoms with Crippen LogP contribution in [0.15, 0.2) is 24.3 Å². The van der Waals surface area contributed by atoms with Crippen LogP contribution in [0.4, 0.5) is 5.69 Å². The van der Waals surface area contributed by atoms with Crippen molar-refractivity contribution in [1.29, 1.82) is 0 Å². The van der Waals surface area contributed by atoms with Crippen molar-refractivity contribution >= 4 is 11.7 Å². The second-order valence-electron chi connectivity index (χ2n) is 4.53. The molecule has 4 heteroatoms. The number of ether oxygens (including phenoxy) is 1. The Morgan fingerprint density at radius 2 is 2.39 bits per heavy atom. The van der Waals surface area contributed by atoms with Crippen molar-refractivity contribution in [3.8, 4) is 0 Å². The lowest BCUT2D eigenvalue weighted by Crippen LogP contribution is -2.32. The Morgan fingerprint density at radius 3 is 3.00 bits per heavy atom. The number of anilines is 1. The normalized spacial score (nSPS) is 18.8. The largest absolute Gasteiger partial charge is 0.478 e. The van der Waals surface area contributed by atoms with E-state index >= 15 is 0 Å². The second-order valence-corrected chi connectivity index (χ2v) is 4.53. The zero-order valence-corrected chi connectivity index (χ0v) is 10.6. The first-order chi connectivity index (χ1) is 8.70. The molecule has 18 heavy (non-hydrogen) atoms. The van der Waals surface area contributed by atoms with Gasteiger partial charge in [0, 0.05) is 25.4 Å². The molecule has 1 aromatic carbocycles. The monoisotopic (exact) mass is 249 g/mol. The van der Waals surface area contributed by atoms with Crippen molar-refractivity contribution in [3.05, 3.63) is 29.8 Å². The molecule has 1 unspecified atom stereocenters. The van der Waals surface area contributed by atoms with Gasteiger partial charge in [-0.1, -0.05) is 6.07 Å². The van der Waals surface area contributed by atoms with Gasteiger partial charge in [-0.05, 0) is 38.0 Å². The van der Waals surface area contributed by atoms with Crippen LogP contribution in [0.2, 0.25) is 0 Å². The minimum Gasteiger partial charge on any atom is -0.478 e. The van der Waals surface area contributed by atoms with Gasteiger partial charge in [0.05, 0.1) is 11.7 Å². The fraction of sp³-hybridized carbons (Fsp3) is 0.500. The van der Waals surface area contributed by atoms with E-state index < -0.39 is 5.97 Å². The van der Waals surface area contributed by atoms with Gasteiger partial charge in [-0.15, -0.1) is 0 Å². The van der Waals surface area contributed by atoms with Gasteiger partial charge in [0.2, 0.25) is 0 Å². The summed E-state index contributed by atoms with van der Waals surface area (Å²) in [6.45, 7) is 4.60. The summed E-state index contributed by atoms with van der Waals surface area (Å²) < 4.78 is 5.63. The number of aromatic carboxylic acids is 1. The number of rotatable bonds is 5. The second kappa shape index (κ2) is 5.87. The molecule has 0 bridgehead atoms. The third kappa shape index (κ3) is 3.01. The van der Waals surface area contributed by atoms with E-state index in [4.69, 9.17) is 9.84 Å². The molecule has 1 heterocycles. The standard InChI is InChI=1S/C14H19NO3/c1-2-15(10-13-7-4-8-18-13)12-6-3-5-11(9-12)14(16)17/h3,5-6,9,13H,2,4,7-8,10H2,1H3,(H,16,17). The smallest absolute Gasteiger partial charge is 0.335 e. The third-order valence-electron chi connectivity index (χ3n) is 3.29. The summed E-state index contributed by atoms with van der Waals surface area (Å²) in [5.74, 6) is -0.884. The number of carboxylic acid groups (broad SMARTS) is 1. The predicted molar refractivity (Wildman–Crippen MR) is 70.3 cm³/mol. The molecule has 0 saturated carbocycles. The molecule has 2 rings (SSSR count). The van der Waals surface area contributed by atoms with Gasteiger partial charge in [0.1, 0.15) is 0 Å². The van der Waals surface area contributed by atoms with Crippen LogP contribution in [-0.2, 0) is 4.74 Å². The molecule has 0 aromatic heterocycles. The van der Waals surface area contributed by atoms with Crippen LogP contribution in [0.5, 0.6) is 0 Å². The summed E-state index contributed by atoms with van der Waals surface area (Å²) in [6.07, 6.45) is 2.49. The van der Waals surface area contributed by atoms with Crippen LogP contribution in [0, 0.1) is 0 Å². The van der Waals surface area contributed by atoms with Gasteiger partial charge in [0.25, 0.3) is 0 Å². The lowest BCUT2D eigenvalue weighted by molar-refractivity contribution is 0.0697. The van der Waals surface area contributed by atoms with Crippen molar-refractivity contribution in [3.63, 3.8) is 0 Å². The Balaban J connectivity index is 2.10. The van der Waals surface area contributed by atoms with Crippen LogP contribution in [-0.4, -0.2) is 36.9 Å². The van der Waals surface area contributed by atoms with Crippen molar-refractivity contribution < 1.29 is 14.6 Å². The summed E-state index contributed by atoms with van der Waals surface area (Å²) in [5, 5.41) is 9.00. The minimum atomic E-state index is -0.884. The van der Waals surface area contributed by atoms with E-state index in [0.717, 1.165) is 38.2 Å². The van der Waals surface area contributed by atoms with E-state index in [0.29, 0.717) is 5.56 Å². The topological polar surface area (TPSA) is 49.8 Å². The fourth-order valence-electron chi connectivity index (χ4n) is 2.29. The Kier molecular flexibility index (Phi) is 4.20. The highest BCUT2D eigenvalue weighted by atomic mass is 16.5. The van der Waals surface area contributed by atoms with Crippen LogP contribution in [0.3, 0.4) is 0 Å². The van der Waals surface area contributed by atoms with E-state index in [1.807, 2.05) is 6.07 Å². The highest BCUT2D eigenvalue weighted by Gasteiger charge is 2.19. The van der Waals surface area contributed by atoms with Gasteiger partial charge < -0.3 is 14.7 Å². The average Bonchev–Trinajstić information content (AvgIpc) is 2.89. The van der Waals surface area contributed by atoms with Gasteiger partial charge in [-0.2, -0.15) is 0 Å². The number of hydrogen-bond donors (Lipinski definition) is 1. The zero-order valence-electron chi connectivity index (χ0n) is 10.6. The molecular weight excluding hydrogens is 230 g/mol. The molecule has 98 valence electrons. The van der Waals surface area contributed by atoms with Crippen LogP contribution < -0.4 is 4.90 Å². The Hall–Kier alpha value is -1.55. The fourth-order valence-corrected chi connectivity index (χ4v) is 2.29. The highest BCUT2D eigenvalue weighted by molar-refractivity contribution is 5.88. The van der Waals surface area contributed by atoms with Gasteiger partial charge in [0.15, 0.2) is 0 Å². The van der Waals surface area contributed by atoms with Gasteiger partial charge in [-0.25, -0.2) is 4.79 Å². The maximum Gasteiger partial charge on any atom is 0.335 e. The van der Waals surface area contributed by atoms with Crippen LogP contribution >= 0.6 is 0 Å². The number of likely N-dealkylation sites (N-methyl/N-ethyl adjacent to an activating group) is 1. The molecule has 0 amide bonds. The first-order valence-corrected chi connectivity index (χ1v) is 6.40. The molecule has 0 spiro atoms. The summed E-state index contributed by atoms with van der Waals surface area (Å²) in [4.78, 5) is 13.1. The van der Waals surface area contributed by atoms with Gasteiger partial charge in [-0.3, -0.25) is 0 Å². The van der Waals surface area contributed by atoms with E-state index in [-0.39, 0.29) is 6.10 Å². The van der Waals surface area contributed by atoms with Crippen molar-refractivity contribution in [2.24, 2.45) is 0 Å². The Bertz CT molecular complexity index is 413. The van der Waals surface area contributed by atoms with Crippen LogP contribution in [0.25, 0.3) is 0 Å². The molecule has 4 nitrogen and oxygen atoms in total. The number of nitrogens with zero attached hydrogens (tertiary/aromatic N) is 1.